The molecule has 1 aliphatic carbocycles. The Morgan fingerprint density at radius 2 is 2.46 bits per heavy atom. The minimum atomic E-state index is -0.0185. The van der Waals surface area contributed by atoms with Gasteiger partial charge in [-0.15, -0.1) is 0 Å². The van der Waals surface area contributed by atoms with Crippen LogP contribution in [-0.2, 0) is 13.0 Å². The maximum absolute atomic E-state index is 11.4. The summed E-state index contributed by atoms with van der Waals surface area (Å²) in [4.78, 5) is 14.3. The third-order valence-corrected chi connectivity index (χ3v) is 2.79. The Balaban J connectivity index is 2.57. The maximum atomic E-state index is 11.4. The minimum Gasteiger partial charge on any atom is -0.326 e. The van der Waals surface area contributed by atoms with Crippen LogP contribution in [0, 0.1) is 0 Å². The molecule has 0 fully saturated rings. The third kappa shape index (κ3) is 1.29. The van der Waals surface area contributed by atoms with Gasteiger partial charge in [-0.05, 0) is 30.4 Å². The van der Waals surface area contributed by atoms with Crippen molar-refractivity contribution >= 4 is 0 Å². The molecule has 1 aliphatic rings. The zero-order valence-corrected chi connectivity index (χ0v) is 7.76. The van der Waals surface area contributed by atoms with Crippen LogP contribution in [0.25, 0.3) is 0 Å². The van der Waals surface area contributed by atoms with Gasteiger partial charge in [0.25, 0.3) is 5.56 Å². The molecule has 3 N–H and O–H groups in total. The number of rotatable bonds is 1. The molecule has 0 radical (unpaired) electrons. The minimum absolute atomic E-state index is 0.0185. The molecular formula is C10H14N2O. The molecule has 1 aromatic heterocycles. The molecule has 0 aliphatic heterocycles. The number of H-pyrrole nitrogens is 1. The van der Waals surface area contributed by atoms with E-state index in [9.17, 15) is 4.79 Å². The Bertz CT molecular complexity index is 381. The van der Waals surface area contributed by atoms with Gasteiger partial charge >= 0.3 is 0 Å². The lowest BCUT2D eigenvalue weighted by Crippen LogP contribution is -2.18. The van der Waals surface area contributed by atoms with Crippen molar-refractivity contribution in [1.29, 1.82) is 0 Å². The highest BCUT2D eigenvalue weighted by Gasteiger charge is 2.20. The summed E-state index contributed by atoms with van der Waals surface area (Å²) in [6.07, 6.45) is 2.21. The van der Waals surface area contributed by atoms with Crippen molar-refractivity contribution in [1.82, 2.24) is 4.98 Å². The van der Waals surface area contributed by atoms with E-state index in [4.69, 9.17) is 5.73 Å². The average Bonchev–Trinajstić information content (AvgIpc) is 2.47. The Hall–Kier alpha value is -1.09. The highest BCUT2D eigenvalue weighted by atomic mass is 16.1. The second-order valence-electron chi connectivity index (χ2n) is 3.71. The van der Waals surface area contributed by atoms with Crippen LogP contribution in [0.4, 0.5) is 0 Å². The number of aryl methyl sites for hydroxylation is 1. The van der Waals surface area contributed by atoms with Crippen molar-refractivity contribution in [2.75, 3.05) is 0 Å². The Labute approximate surface area is 77.0 Å². The van der Waals surface area contributed by atoms with Gasteiger partial charge in [-0.25, -0.2) is 0 Å². The molecule has 3 heteroatoms. The highest BCUT2D eigenvalue weighted by molar-refractivity contribution is 5.31. The van der Waals surface area contributed by atoms with Gasteiger partial charge in [-0.1, -0.05) is 6.92 Å². The standard InChI is InChI=1S/C10H14N2O/c1-6-2-3-7-4-8(5-11)10(13)12-9(6)7/h4,6H,2-3,5,11H2,1H3,(H,12,13). The monoisotopic (exact) mass is 178 g/mol. The quantitative estimate of drug-likeness (QED) is 0.670. The molecule has 70 valence electrons. The van der Waals surface area contributed by atoms with Crippen LogP contribution in [0.2, 0.25) is 0 Å². The van der Waals surface area contributed by atoms with Crippen LogP contribution in [0.15, 0.2) is 10.9 Å². The first kappa shape index (κ1) is 8.51. The summed E-state index contributed by atoms with van der Waals surface area (Å²) in [6, 6.07) is 1.96. The van der Waals surface area contributed by atoms with Crippen molar-refractivity contribution in [3.8, 4) is 0 Å². The summed E-state index contributed by atoms with van der Waals surface area (Å²) >= 11 is 0. The zero-order valence-electron chi connectivity index (χ0n) is 7.76. The number of nitrogens with one attached hydrogen (secondary N) is 1. The van der Waals surface area contributed by atoms with E-state index in [1.807, 2.05) is 6.07 Å². The smallest absolute Gasteiger partial charge is 0.252 e. The van der Waals surface area contributed by atoms with Gasteiger partial charge < -0.3 is 10.7 Å². The average molecular weight is 178 g/mol. The van der Waals surface area contributed by atoms with Crippen LogP contribution in [-0.4, -0.2) is 4.98 Å². The second kappa shape index (κ2) is 3.00. The summed E-state index contributed by atoms with van der Waals surface area (Å²) < 4.78 is 0. The SMILES string of the molecule is CC1CCc2cc(CN)c(=O)[nH]c21. The van der Waals surface area contributed by atoms with E-state index in [1.54, 1.807) is 0 Å². The molecule has 0 amide bonds. The predicted octanol–water partition coefficient (Wildman–Crippen LogP) is 0.883. The number of fused-ring (bicyclic) bond motifs is 1. The van der Waals surface area contributed by atoms with Crippen LogP contribution in [0.1, 0.15) is 36.1 Å². The van der Waals surface area contributed by atoms with E-state index in [-0.39, 0.29) is 5.56 Å². The molecule has 0 saturated carbocycles. The molecule has 0 aromatic carbocycles. The lowest BCUT2D eigenvalue weighted by Gasteiger charge is -2.05. The van der Waals surface area contributed by atoms with Crippen LogP contribution in [0.5, 0.6) is 0 Å². The van der Waals surface area contributed by atoms with Crippen LogP contribution in [0.3, 0.4) is 0 Å². The topological polar surface area (TPSA) is 58.9 Å². The van der Waals surface area contributed by atoms with Gasteiger partial charge in [0, 0.05) is 17.8 Å². The fraction of sp³-hybridized carbons (Fsp3) is 0.500. The number of nitrogens with two attached hydrogens (primary N) is 1. The first-order valence-electron chi connectivity index (χ1n) is 4.67. The third-order valence-electron chi connectivity index (χ3n) is 2.79. The van der Waals surface area contributed by atoms with Crippen molar-refractivity contribution in [2.24, 2.45) is 5.73 Å². The van der Waals surface area contributed by atoms with E-state index in [2.05, 4.69) is 11.9 Å². The Morgan fingerprint density at radius 3 is 3.15 bits per heavy atom. The summed E-state index contributed by atoms with van der Waals surface area (Å²) in [6.45, 7) is 2.47. The molecule has 13 heavy (non-hydrogen) atoms. The summed E-state index contributed by atoms with van der Waals surface area (Å²) in [5, 5.41) is 0. The second-order valence-corrected chi connectivity index (χ2v) is 3.71. The molecule has 1 atom stereocenters. The normalized spacial score (nSPS) is 20.3. The van der Waals surface area contributed by atoms with E-state index in [0.29, 0.717) is 18.0 Å². The number of hydrogen-bond acceptors (Lipinski definition) is 2. The largest absolute Gasteiger partial charge is 0.326 e. The maximum Gasteiger partial charge on any atom is 0.252 e. The molecule has 0 bridgehead atoms. The summed E-state index contributed by atoms with van der Waals surface area (Å²) in [5.74, 6) is 0.495. The van der Waals surface area contributed by atoms with E-state index >= 15 is 0 Å². The number of aromatic amines is 1. The van der Waals surface area contributed by atoms with E-state index in [0.717, 1.165) is 18.5 Å². The highest BCUT2D eigenvalue weighted by Crippen LogP contribution is 2.29. The van der Waals surface area contributed by atoms with Crippen molar-refractivity contribution in [3.63, 3.8) is 0 Å². The van der Waals surface area contributed by atoms with Crippen molar-refractivity contribution in [3.05, 3.63) is 33.2 Å². The van der Waals surface area contributed by atoms with Gasteiger partial charge in [0.1, 0.15) is 0 Å². The van der Waals surface area contributed by atoms with Crippen LogP contribution < -0.4 is 11.3 Å². The van der Waals surface area contributed by atoms with Gasteiger partial charge in [0.15, 0.2) is 0 Å². The predicted molar refractivity (Wildman–Crippen MR) is 51.7 cm³/mol. The lowest BCUT2D eigenvalue weighted by atomic mass is 10.1. The van der Waals surface area contributed by atoms with Gasteiger partial charge in [-0.3, -0.25) is 4.79 Å². The zero-order chi connectivity index (χ0) is 9.42. The summed E-state index contributed by atoms with van der Waals surface area (Å²) in [5.41, 5.74) is 8.53. The number of hydrogen-bond donors (Lipinski definition) is 2. The first-order valence-corrected chi connectivity index (χ1v) is 4.67. The molecule has 1 heterocycles. The van der Waals surface area contributed by atoms with Crippen molar-refractivity contribution < 1.29 is 0 Å². The molecule has 2 rings (SSSR count). The Morgan fingerprint density at radius 1 is 1.69 bits per heavy atom. The Kier molecular flexibility index (Phi) is 1.96. The number of aromatic nitrogens is 1. The van der Waals surface area contributed by atoms with Gasteiger partial charge in [-0.2, -0.15) is 0 Å². The lowest BCUT2D eigenvalue weighted by molar-refractivity contribution is 0.728. The van der Waals surface area contributed by atoms with Crippen molar-refractivity contribution in [2.45, 2.75) is 32.2 Å². The summed E-state index contributed by atoms with van der Waals surface area (Å²) in [7, 11) is 0. The van der Waals surface area contributed by atoms with Gasteiger partial charge in [0.05, 0.1) is 0 Å². The first-order chi connectivity index (χ1) is 6.22. The van der Waals surface area contributed by atoms with E-state index in [1.165, 1.54) is 5.56 Å². The molecular weight excluding hydrogens is 164 g/mol. The molecule has 0 saturated heterocycles. The molecule has 1 unspecified atom stereocenters. The molecule has 0 spiro atoms. The number of pyridine rings is 1. The fourth-order valence-electron chi connectivity index (χ4n) is 1.95. The fourth-order valence-corrected chi connectivity index (χ4v) is 1.95. The molecule has 3 nitrogen and oxygen atoms in total. The van der Waals surface area contributed by atoms with Crippen LogP contribution >= 0.6 is 0 Å². The van der Waals surface area contributed by atoms with Gasteiger partial charge in [0.2, 0.25) is 0 Å². The van der Waals surface area contributed by atoms with E-state index < -0.39 is 0 Å². The molecule has 1 aromatic rings.